The van der Waals surface area contributed by atoms with E-state index in [0.717, 1.165) is 27.7 Å². The number of aliphatic hydroxyl groups excluding tert-OH is 1. The Bertz CT molecular complexity index is 1550. The van der Waals surface area contributed by atoms with Gasteiger partial charge < -0.3 is 30.6 Å². The molecule has 0 saturated heterocycles. The monoisotopic (exact) mass is 590 g/mol. The van der Waals surface area contributed by atoms with Crippen LogP contribution < -0.4 is 20.5 Å². The Hall–Kier alpha value is -4.21. The molecular weight excluding hydrogens is 556 g/mol. The maximum atomic E-state index is 13.5. The second-order valence-corrected chi connectivity index (χ2v) is 11.2. The highest BCUT2D eigenvalue weighted by Gasteiger charge is 2.35. The number of hydrogen-bond acceptors (Lipinski definition) is 6. The van der Waals surface area contributed by atoms with Crippen LogP contribution in [0.2, 0.25) is 5.02 Å². The van der Waals surface area contributed by atoms with Gasteiger partial charge in [-0.25, -0.2) is 4.79 Å². The Morgan fingerprint density at radius 1 is 1.10 bits per heavy atom. The number of nitrogens with two attached hydrogens (primary N) is 1. The number of ether oxygens (including phenoxy) is 2. The Balaban J connectivity index is 1.34. The van der Waals surface area contributed by atoms with Crippen LogP contribution in [0.5, 0.6) is 11.5 Å². The molecule has 0 aliphatic carbocycles. The number of aromatic amines is 1. The van der Waals surface area contributed by atoms with Gasteiger partial charge in [0.25, 0.3) is 0 Å². The first-order chi connectivity index (χ1) is 20.2. The zero-order chi connectivity index (χ0) is 29.8. The molecule has 0 spiro atoms. The molecule has 2 atom stereocenters. The number of halogens is 1. The van der Waals surface area contributed by atoms with E-state index in [1.165, 1.54) is 0 Å². The third-order valence-electron chi connectivity index (χ3n) is 7.36. The van der Waals surface area contributed by atoms with E-state index in [0.29, 0.717) is 41.6 Å². The topological polar surface area (TPSA) is 130 Å². The molecule has 5 N–H and O–H groups in total. The van der Waals surface area contributed by atoms with Crippen molar-refractivity contribution in [3.05, 3.63) is 88.6 Å². The van der Waals surface area contributed by atoms with Crippen LogP contribution in [0.3, 0.4) is 0 Å². The lowest BCUT2D eigenvalue weighted by atomic mass is 9.92. The van der Waals surface area contributed by atoms with Crippen molar-refractivity contribution in [2.45, 2.75) is 38.8 Å². The molecule has 1 aliphatic heterocycles. The zero-order valence-corrected chi connectivity index (χ0v) is 24.4. The second-order valence-electron chi connectivity index (χ2n) is 10.7. The lowest BCUT2D eigenvalue weighted by Crippen LogP contribution is -2.42. The van der Waals surface area contributed by atoms with Crippen LogP contribution in [0.15, 0.2) is 66.7 Å². The van der Waals surface area contributed by atoms with Crippen LogP contribution in [0.4, 0.5) is 10.5 Å². The summed E-state index contributed by atoms with van der Waals surface area (Å²) in [4.78, 5) is 30.4. The van der Waals surface area contributed by atoms with Crippen LogP contribution in [0.1, 0.15) is 43.1 Å². The molecule has 0 bridgehead atoms. The van der Waals surface area contributed by atoms with Crippen molar-refractivity contribution >= 4 is 40.2 Å². The Kier molecular flexibility index (Phi) is 8.89. The number of aliphatic hydroxyl groups is 1. The summed E-state index contributed by atoms with van der Waals surface area (Å²) in [6.45, 7) is 4.53. The molecule has 0 saturated carbocycles. The van der Waals surface area contributed by atoms with E-state index in [1.54, 1.807) is 43.0 Å². The van der Waals surface area contributed by atoms with Gasteiger partial charge >= 0.3 is 6.09 Å². The van der Waals surface area contributed by atoms with Crippen molar-refractivity contribution in [3.63, 3.8) is 0 Å². The first-order valence-corrected chi connectivity index (χ1v) is 14.4. The molecule has 2 amide bonds. The lowest BCUT2D eigenvalue weighted by molar-refractivity contribution is -0.124. The zero-order valence-electron chi connectivity index (χ0n) is 23.6. The molecule has 0 fully saturated rings. The minimum Gasteiger partial charge on any atom is -0.493 e. The van der Waals surface area contributed by atoms with Crippen molar-refractivity contribution < 1.29 is 24.2 Å². The van der Waals surface area contributed by atoms with Gasteiger partial charge in [0.1, 0.15) is 17.5 Å². The number of anilines is 1. The molecule has 220 valence electrons. The van der Waals surface area contributed by atoms with Gasteiger partial charge in [0.05, 0.1) is 12.7 Å². The molecule has 3 aromatic carbocycles. The average Bonchev–Trinajstić information content (AvgIpc) is 3.34. The van der Waals surface area contributed by atoms with Gasteiger partial charge in [0.15, 0.2) is 0 Å². The molecule has 1 aromatic heterocycles. The quantitative estimate of drug-likeness (QED) is 0.192. The van der Waals surface area contributed by atoms with E-state index in [1.807, 2.05) is 42.5 Å². The largest absolute Gasteiger partial charge is 0.493 e. The molecule has 0 radical (unpaired) electrons. The Labute approximate surface area is 249 Å². The summed E-state index contributed by atoms with van der Waals surface area (Å²) in [6, 6.07) is 19.6. The molecular formula is C32H35ClN4O5. The molecule has 1 aliphatic rings. The predicted octanol–water partition coefficient (Wildman–Crippen LogP) is 5.45. The van der Waals surface area contributed by atoms with Gasteiger partial charge in [-0.1, -0.05) is 37.6 Å². The van der Waals surface area contributed by atoms with Crippen LogP contribution in [0.25, 0.3) is 10.9 Å². The van der Waals surface area contributed by atoms with Crippen LogP contribution in [-0.2, 0) is 11.2 Å². The minimum atomic E-state index is -0.705. The molecule has 2 unspecified atom stereocenters. The number of nitrogens with zero attached hydrogens (tertiary/aromatic N) is 1. The Morgan fingerprint density at radius 2 is 1.81 bits per heavy atom. The third kappa shape index (κ3) is 6.64. The van der Waals surface area contributed by atoms with E-state index in [4.69, 9.17) is 26.8 Å². The van der Waals surface area contributed by atoms with Crippen molar-refractivity contribution in [1.82, 2.24) is 15.2 Å². The SMILES string of the molecule is CC(C)C(=O)NCC(O)CCOc1ccc(C2c3[nH]c4ccc(Cl)cc4c3CCN2C(=O)Oc2ccc(N)cc2)cc1. The Morgan fingerprint density at radius 3 is 2.52 bits per heavy atom. The summed E-state index contributed by atoms with van der Waals surface area (Å²) in [5, 5.41) is 14.6. The highest BCUT2D eigenvalue weighted by molar-refractivity contribution is 6.31. The summed E-state index contributed by atoms with van der Waals surface area (Å²) in [5.74, 6) is 0.815. The third-order valence-corrected chi connectivity index (χ3v) is 7.60. The number of H-pyrrole nitrogens is 1. The van der Waals surface area contributed by atoms with Crippen LogP contribution in [0, 0.1) is 5.92 Å². The van der Waals surface area contributed by atoms with Gasteiger partial charge in [0, 0.05) is 52.7 Å². The first-order valence-electron chi connectivity index (χ1n) is 14.0. The maximum absolute atomic E-state index is 13.5. The molecule has 2 heterocycles. The number of benzene rings is 3. The standard InChI is InChI=1S/C32H35ClN4O5/c1-19(2)31(39)35-18-23(38)14-16-41-24-8-3-20(4-9-24)30-29-26(27-17-21(33)5-12-28(27)36-29)13-15-37(30)32(40)42-25-10-6-22(34)7-11-25/h3-12,17,19,23,30,36,38H,13-16,18,34H2,1-2H3,(H,35,39). The second kappa shape index (κ2) is 12.8. The molecule has 42 heavy (non-hydrogen) atoms. The number of fused-ring (bicyclic) bond motifs is 3. The van der Waals surface area contributed by atoms with Gasteiger partial charge in [-0.15, -0.1) is 0 Å². The summed E-state index contributed by atoms with van der Waals surface area (Å²) in [5.41, 5.74) is 10.2. The highest BCUT2D eigenvalue weighted by atomic mass is 35.5. The van der Waals surface area contributed by atoms with Crippen molar-refractivity contribution in [3.8, 4) is 11.5 Å². The van der Waals surface area contributed by atoms with Crippen LogP contribution in [-0.4, -0.2) is 52.8 Å². The number of rotatable bonds is 9. The van der Waals surface area contributed by atoms with Crippen molar-refractivity contribution in [1.29, 1.82) is 0 Å². The average molecular weight is 591 g/mol. The lowest BCUT2D eigenvalue weighted by Gasteiger charge is -2.35. The van der Waals surface area contributed by atoms with Crippen molar-refractivity contribution in [2.24, 2.45) is 5.92 Å². The molecule has 4 aromatic rings. The van der Waals surface area contributed by atoms with Gasteiger partial charge in [-0.2, -0.15) is 0 Å². The predicted molar refractivity (Wildman–Crippen MR) is 163 cm³/mol. The smallest absolute Gasteiger partial charge is 0.416 e. The fraction of sp³-hybridized carbons (Fsp3) is 0.312. The van der Waals surface area contributed by atoms with E-state index in [9.17, 15) is 14.7 Å². The van der Waals surface area contributed by atoms with E-state index in [-0.39, 0.29) is 25.0 Å². The van der Waals surface area contributed by atoms with Crippen molar-refractivity contribution in [2.75, 3.05) is 25.4 Å². The summed E-state index contributed by atoms with van der Waals surface area (Å²) < 4.78 is 11.6. The number of carbonyl (C=O) groups excluding carboxylic acids is 2. The maximum Gasteiger partial charge on any atom is 0.416 e. The first kappa shape index (κ1) is 29.3. The van der Waals surface area contributed by atoms with Gasteiger partial charge in [-0.05, 0) is 72.1 Å². The molecule has 5 rings (SSSR count). The highest BCUT2D eigenvalue weighted by Crippen LogP contribution is 2.40. The fourth-order valence-electron chi connectivity index (χ4n) is 5.08. The van der Waals surface area contributed by atoms with E-state index < -0.39 is 18.2 Å². The number of nitrogen functional groups attached to an aromatic ring is 1. The molecule has 9 nitrogen and oxygen atoms in total. The van der Waals surface area contributed by atoms with Gasteiger partial charge in [-0.3, -0.25) is 9.69 Å². The number of nitrogens with one attached hydrogen (secondary N) is 2. The van der Waals surface area contributed by atoms with Gasteiger partial charge in [0.2, 0.25) is 5.91 Å². The molecule has 10 heteroatoms. The normalized spacial score (nSPS) is 15.4. The fourth-order valence-corrected chi connectivity index (χ4v) is 5.26. The number of aromatic nitrogens is 1. The number of carbonyl (C=O) groups is 2. The summed E-state index contributed by atoms with van der Waals surface area (Å²) >= 11 is 6.32. The number of hydrogen-bond donors (Lipinski definition) is 4. The summed E-state index contributed by atoms with van der Waals surface area (Å²) in [6.07, 6.45) is -0.159. The minimum absolute atomic E-state index is 0.0964. The van der Waals surface area contributed by atoms with Crippen LogP contribution >= 0.6 is 11.6 Å². The van der Waals surface area contributed by atoms with E-state index >= 15 is 0 Å². The number of amides is 2. The van der Waals surface area contributed by atoms with E-state index in [2.05, 4.69) is 10.3 Å². The summed E-state index contributed by atoms with van der Waals surface area (Å²) in [7, 11) is 0.